The maximum atomic E-state index is 15.1. The summed E-state index contributed by atoms with van der Waals surface area (Å²) >= 11 is 12.7. The van der Waals surface area contributed by atoms with Crippen LogP contribution in [0.2, 0.25) is 10.0 Å². The van der Waals surface area contributed by atoms with Crippen LogP contribution in [-0.2, 0) is 32.2 Å². The molecule has 5 amide bonds. The van der Waals surface area contributed by atoms with Gasteiger partial charge < -0.3 is 49.2 Å². The summed E-state index contributed by atoms with van der Waals surface area (Å²) in [4.78, 5) is 81.1. The summed E-state index contributed by atoms with van der Waals surface area (Å²) in [5.74, 6) is 0.702. The number of rotatable bonds is 18. The minimum absolute atomic E-state index is 0.00956. The molecule has 2 saturated heterocycles. The van der Waals surface area contributed by atoms with Crippen LogP contribution in [0, 0.1) is 17.1 Å². The topological polar surface area (TPSA) is 230 Å². The summed E-state index contributed by atoms with van der Waals surface area (Å²) in [6.45, 7) is 6.15. The van der Waals surface area contributed by atoms with Gasteiger partial charge in [-0.25, -0.2) is 19.2 Å². The second-order valence-corrected chi connectivity index (χ2v) is 22.3. The molecule has 0 unspecified atom stereocenters. The first-order chi connectivity index (χ1) is 41.0. The molecule has 10 rings (SSSR count). The molecule has 4 aromatic carbocycles. The molecule has 0 radical (unpaired) electrons. The third-order valence-corrected chi connectivity index (χ3v) is 16.1. The number of urea groups is 1. The predicted molar refractivity (Wildman–Crippen MR) is 317 cm³/mol. The Morgan fingerprint density at radius 2 is 1.61 bits per heavy atom. The van der Waals surface area contributed by atoms with Gasteiger partial charge in [0.05, 0.1) is 99.9 Å². The minimum atomic E-state index is -0.643. The Kier molecular flexibility index (Phi) is 18.5. The number of nitrogens with two attached hydrogens (primary N) is 1. The second-order valence-electron chi connectivity index (χ2n) is 21.4. The first-order valence-corrected chi connectivity index (χ1v) is 28.9. The molecule has 6 aromatic rings. The van der Waals surface area contributed by atoms with Crippen molar-refractivity contribution in [2.75, 3.05) is 97.5 Å². The van der Waals surface area contributed by atoms with E-state index < -0.39 is 23.9 Å². The van der Waals surface area contributed by atoms with E-state index in [-0.39, 0.29) is 113 Å². The Bertz CT molecular complexity index is 3540. The van der Waals surface area contributed by atoms with Gasteiger partial charge in [0.1, 0.15) is 41.8 Å². The molecule has 4 aliphatic rings. The Balaban J connectivity index is 0.726. The molecule has 85 heavy (non-hydrogen) atoms. The number of carbonyl (C=O) groups is 4. The number of benzene rings is 4. The second kappa shape index (κ2) is 26.3. The summed E-state index contributed by atoms with van der Waals surface area (Å²) in [5.41, 5.74) is 10.8. The van der Waals surface area contributed by atoms with Crippen LogP contribution in [0.3, 0.4) is 0 Å². The van der Waals surface area contributed by atoms with Crippen molar-refractivity contribution >= 4 is 64.4 Å². The Morgan fingerprint density at radius 1 is 0.894 bits per heavy atom. The third-order valence-electron chi connectivity index (χ3n) is 15.6. The number of anilines is 2. The van der Waals surface area contributed by atoms with Gasteiger partial charge in [-0.3, -0.25) is 29.0 Å². The highest BCUT2D eigenvalue weighted by Gasteiger charge is 2.46. The van der Waals surface area contributed by atoms with Crippen molar-refractivity contribution in [1.82, 2.24) is 44.2 Å². The zero-order chi connectivity index (χ0) is 60.1. The molecule has 444 valence electrons. The monoisotopic (exact) mass is 1200 g/mol. The lowest BCUT2D eigenvalue weighted by Crippen LogP contribution is -2.56. The van der Waals surface area contributed by atoms with Crippen LogP contribution >= 0.6 is 23.2 Å². The molecule has 4 aliphatic heterocycles. The van der Waals surface area contributed by atoms with Gasteiger partial charge in [0, 0.05) is 68.5 Å². The Hall–Kier alpha value is -8.36. The molecular weight excluding hydrogens is 1130 g/mol. The number of piperazine rings is 1. The molecule has 0 aliphatic carbocycles. The highest BCUT2D eigenvalue weighted by atomic mass is 35.5. The lowest BCUT2D eigenvalue weighted by Gasteiger charge is -2.38. The summed E-state index contributed by atoms with van der Waals surface area (Å²) in [6, 6.07) is 24.4. The maximum Gasteiger partial charge on any atom is 0.326 e. The number of carbonyl (C=O) groups excluding carboxylic acids is 4. The number of nitriles is 1. The van der Waals surface area contributed by atoms with Crippen molar-refractivity contribution < 1.29 is 42.5 Å². The summed E-state index contributed by atoms with van der Waals surface area (Å²) in [7, 11) is 4.87. The Labute approximate surface area is 502 Å². The molecule has 2 N–H and O–H groups in total. The highest BCUT2D eigenvalue weighted by molar-refractivity contribution is 6.30. The van der Waals surface area contributed by atoms with E-state index in [0.717, 1.165) is 17.5 Å². The van der Waals surface area contributed by atoms with Crippen molar-refractivity contribution in [2.45, 2.75) is 70.4 Å². The summed E-state index contributed by atoms with van der Waals surface area (Å²) in [5, 5.41) is 16.1. The number of hydrogen-bond donors (Lipinski definition) is 1. The normalized spacial score (nSPS) is 17.7. The standard InChI is InChI=1S/C61H66Cl2FN13O8/c1-37(2)85-51-32-43(82-5)17-19-45(51)58-69-55(38-8-12-40(62)13-9-38)56(39-10-14-41(63)15-11-39)77(58)61(81)74-24-23-73(53(79)36-74)26-28-84-30-29-83-27-20-52(78)71(3)22-25-76-50-35-72(4)60(80)44-18-16-42(64)31-46(44)49-7-6-21-75(49)59-57(66)67-34-48(68-59)54(50)47(33-65)70-76/h8-19,31-32,34,37,49,55-56H,6-7,20-30,35-36H2,1-5H3,(H2,66,67)/t49-,55+,56-/m1/s1. The number of hydrogen-bond acceptors (Lipinski definition) is 15. The highest BCUT2D eigenvalue weighted by Crippen LogP contribution is 2.47. The lowest BCUT2D eigenvalue weighted by atomic mass is 9.93. The number of amides is 5. The fourth-order valence-corrected chi connectivity index (χ4v) is 11.5. The van der Waals surface area contributed by atoms with Gasteiger partial charge in [0.25, 0.3) is 5.91 Å². The largest absolute Gasteiger partial charge is 0.497 e. The SMILES string of the molecule is COc1ccc(C2=N[C@@H](c3ccc(Cl)cc3)[C@@H](c3ccc(Cl)cc3)N2C(=O)N2CCN(CCOCCOCCC(=O)N(C)CCn3nc(C#N)c4c3CN(C)C(=O)c3ccc(F)cc3[C@H]3CCCN3c3nc-4cnc3N)C(=O)C2)c(OC(C)C)c1. The van der Waals surface area contributed by atoms with E-state index >= 15 is 4.79 Å². The Morgan fingerprint density at radius 3 is 2.32 bits per heavy atom. The van der Waals surface area contributed by atoms with Crippen LogP contribution in [-0.4, -0.2) is 167 Å². The number of ether oxygens (including phenoxy) is 4. The van der Waals surface area contributed by atoms with Crippen molar-refractivity contribution in [3.63, 3.8) is 0 Å². The molecule has 2 bridgehead atoms. The number of nitrogen functional groups attached to an aromatic ring is 1. The maximum absolute atomic E-state index is 15.1. The van der Waals surface area contributed by atoms with Crippen molar-refractivity contribution in [3.05, 3.63) is 146 Å². The predicted octanol–water partition coefficient (Wildman–Crippen LogP) is 8.35. The van der Waals surface area contributed by atoms with Crippen molar-refractivity contribution in [3.8, 4) is 28.8 Å². The molecule has 3 atom stereocenters. The summed E-state index contributed by atoms with van der Waals surface area (Å²) < 4.78 is 40.0. The average Bonchev–Trinajstić information content (AvgIpc) is 2.90. The fraction of sp³-hybridized carbons (Fsp3) is 0.393. The number of methoxy groups -OCH3 is 1. The van der Waals surface area contributed by atoms with Gasteiger partial charge in [-0.2, -0.15) is 10.4 Å². The molecule has 0 saturated carbocycles. The number of likely N-dealkylation sites (N-methyl/N-ethyl adjacent to an activating group) is 1. The van der Waals surface area contributed by atoms with Gasteiger partial charge in [-0.05, 0) is 98.0 Å². The van der Waals surface area contributed by atoms with Crippen molar-refractivity contribution in [1.29, 1.82) is 5.26 Å². The number of nitrogens with zero attached hydrogens (tertiary/aromatic N) is 12. The smallest absolute Gasteiger partial charge is 0.326 e. The van der Waals surface area contributed by atoms with Gasteiger partial charge in [-0.1, -0.05) is 47.5 Å². The molecule has 2 aromatic heterocycles. The first kappa shape index (κ1) is 59.8. The van der Waals surface area contributed by atoms with Crippen LogP contribution in [0.15, 0.2) is 96.1 Å². The van der Waals surface area contributed by atoms with E-state index in [0.29, 0.717) is 86.3 Å². The van der Waals surface area contributed by atoms with Crippen molar-refractivity contribution in [2.24, 2.45) is 4.99 Å². The molecular formula is C61H66Cl2FN13O8. The lowest BCUT2D eigenvalue weighted by molar-refractivity contribution is -0.135. The number of amidine groups is 1. The number of halogens is 3. The van der Waals surface area contributed by atoms with Gasteiger partial charge in [0.15, 0.2) is 17.3 Å². The van der Waals surface area contributed by atoms with E-state index in [1.807, 2.05) is 49.1 Å². The van der Waals surface area contributed by atoms with E-state index in [1.165, 1.54) is 29.3 Å². The number of fused-ring (bicyclic) bond motifs is 8. The minimum Gasteiger partial charge on any atom is -0.497 e. The quantitative estimate of drug-likeness (QED) is 0.0798. The molecule has 21 nitrogen and oxygen atoms in total. The van der Waals surface area contributed by atoms with Crippen LogP contribution < -0.4 is 20.1 Å². The van der Waals surface area contributed by atoms with E-state index in [4.69, 9.17) is 57.9 Å². The van der Waals surface area contributed by atoms with E-state index in [2.05, 4.69) is 16.2 Å². The van der Waals surface area contributed by atoms with E-state index in [1.54, 1.807) is 81.9 Å². The third kappa shape index (κ3) is 13.0. The fourth-order valence-electron chi connectivity index (χ4n) is 11.3. The zero-order valence-corrected chi connectivity index (χ0v) is 49.4. The molecule has 6 heterocycles. The van der Waals surface area contributed by atoms with Crippen LogP contribution in [0.25, 0.3) is 11.3 Å². The van der Waals surface area contributed by atoms with Crippen LogP contribution in [0.5, 0.6) is 11.5 Å². The van der Waals surface area contributed by atoms with Gasteiger partial charge in [-0.15, -0.1) is 0 Å². The molecule has 0 spiro atoms. The van der Waals surface area contributed by atoms with E-state index in [9.17, 15) is 24.0 Å². The van der Waals surface area contributed by atoms with Crippen LogP contribution in [0.1, 0.15) is 95.2 Å². The molecule has 24 heteroatoms. The van der Waals surface area contributed by atoms with Gasteiger partial charge >= 0.3 is 6.03 Å². The zero-order valence-electron chi connectivity index (χ0n) is 47.9. The van der Waals surface area contributed by atoms with Crippen LogP contribution in [0.4, 0.5) is 20.8 Å². The first-order valence-electron chi connectivity index (χ1n) is 28.1. The number of aliphatic imine (C=N–C) groups is 1. The molecule has 2 fully saturated rings. The number of aromatic nitrogens is 4. The van der Waals surface area contributed by atoms with Gasteiger partial charge in [0.2, 0.25) is 11.8 Å². The summed E-state index contributed by atoms with van der Waals surface area (Å²) in [6.07, 6.45) is 2.73. The average molecular weight is 1200 g/mol.